The smallest absolute Gasteiger partial charge is 0.325 e. The van der Waals surface area contributed by atoms with Crippen LogP contribution >= 0.6 is 11.3 Å². The number of esters is 1. The number of carbonyl (C=O) groups excluding carboxylic acids is 1. The maximum absolute atomic E-state index is 11.6. The van der Waals surface area contributed by atoms with E-state index in [0.717, 1.165) is 13.1 Å². The molecule has 0 bridgehead atoms. The molecule has 0 saturated carbocycles. The standard InChI is InChI=1S/C11H15NO3S/c1-14-11(13)10-8-15-5-4-12(10)7-9-3-2-6-16-9/h2-3,6,10H,4-5,7-8H2,1H3. The zero-order valence-corrected chi connectivity index (χ0v) is 10.0. The van der Waals surface area contributed by atoms with Crippen molar-refractivity contribution in [1.82, 2.24) is 4.90 Å². The van der Waals surface area contributed by atoms with Crippen molar-refractivity contribution in [2.75, 3.05) is 26.9 Å². The molecule has 1 aliphatic rings. The summed E-state index contributed by atoms with van der Waals surface area (Å²) in [4.78, 5) is 14.9. The van der Waals surface area contributed by atoms with Crippen LogP contribution in [0.25, 0.3) is 0 Å². The Hall–Kier alpha value is -0.910. The Balaban J connectivity index is 2.02. The van der Waals surface area contributed by atoms with Gasteiger partial charge in [0.25, 0.3) is 0 Å². The van der Waals surface area contributed by atoms with Gasteiger partial charge in [-0.3, -0.25) is 9.69 Å². The quantitative estimate of drug-likeness (QED) is 0.743. The molecule has 0 amide bonds. The van der Waals surface area contributed by atoms with Crippen LogP contribution in [0.2, 0.25) is 0 Å². The topological polar surface area (TPSA) is 38.8 Å². The fraction of sp³-hybridized carbons (Fsp3) is 0.545. The number of morpholine rings is 1. The Bertz CT molecular complexity index is 339. The minimum absolute atomic E-state index is 0.212. The van der Waals surface area contributed by atoms with Gasteiger partial charge in [-0.2, -0.15) is 0 Å². The molecule has 2 rings (SSSR count). The second kappa shape index (κ2) is 5.43. The van der Waals surface area contributed by atoms with E-state index in [2.05, 4.69) is 11.0 Å². The van der Waals surface area contributed by atoms with Crippen molar-refractivity contribution >= 4 is 17.3 Å². The van der Waals surface area contributed by atoms with Crippen LogP contribution in [-0.4, -0.2) is 43.8 Å². The molecule has 1 atom stereocenters. The van der Waals surface area contributed by atoms with Crippen LogP contribution < -0.4 is 0 Å². The summed E-state index contributed by atoms with van der Waals surface area (Å²) in [6, 6.07) is 3.84. The second-order valence-corrected chi connectivity index (χ2v) is 4.70. The molecule has 1 aromatic heterocycles. The lowest BCUT2D eigenvalue weighted by molar-refractivity contribution is -0.153. The predicted octanol–water partition coefficient (Wildman–Crippen LogP) is 1.12. The van der Waals surface area contributed by atoms with Crippen LogP contribution in [0, 0.1) is 0 Å². The SMILES string of the molecule is COC(=O)C1COCCN1Cc1cccs1. The highest BCUT2D eigenvalue weighted by Crippen LogP contribution is 2.16. The van der Waals surface area contributed by atoms with Crippen molar-refractivity contribution in [1.29, 1.82) is 0 Å². The summed E-state index contributed by atoms with van der Waals surface area (Å²) in [6.45, 7) is 2.68. The minimum atomic E-state index is -0.263. The van der Waals surface area contributed by atoms with Crippen LogP contribution in [0.3, 0.4) is 0 Å². The van der Waals surface area contributed by atoms with Gasteiger partial charge in [-0.25, -0.2) is 0 Å². The van der Waals surface area contributed by atoms with E-state index in [-0.39, 0.29) is 12.0 Å². The highest BCUT2D eigenvalue weighted by molar-refractivity contribution is 7.09. The van der Waals surface area contributed by atoms with Crippen molar-refractivity contribution in [3.05, 3.63) is 22.4 Å². The molecule has 5 heteroatoms. The Labute approximate surface area is 98.8 Å². The Kier molecular flexibility index (Phi) is 3.93. The van der Waals surface area contributed by atoms with Crippen molar-refractivity contribution in [2.45, 2.75) is 12.6 Å². The molecule has 1 aromatic rings. The number of rotatable bonds is 3. The van der Waals surface area contributed by atoms with Gasteiger partial charge in [-0.05, 0) is 11.4 Å². The first-order valence-electron chi connectivity index (χ1n) is 5.23. The molecule has 16 heavy (non-hydrogen) atoms. The van der Waals surface area contributed by atoms with Crippen LogP contribution in [0.5, 0.6) is 0 Å². The van der Waals surface area contributed by atoms with E-state index in [1.165, 1.54) is 12.0 Å². The number of carbonyl (C=O) groups is 1. The molecular weight excluding hydrogens is 226 g/mol. The third-order valence-electron chi connectivity index (χ3n) is 2.65. The number of hydrogen-bond acceptors (Lipinski definition) is 5. The lowest BCUT2D eigenvalue weighted by Crippen LogP contribution is -2.49. The van der Waals surface area contributed by atoms with E-state index < -0.39 is 0 Å². The van der Waals surface area contributed by atoms with Gasteiger partial charge in [0.05, 0.1) is 20.3 Å². The van der Waals surface area contributed by atoms with Crippen LogP contribution in [0.15, 0.2) is 17.5 Å². The fourth-order valence-corrected chi connectivity index (χ4v) is 2.51. The molecular formula is C11H15NO3S. The fourth-order valence-electron chi connectivity index (χ4n) is 1.78. The lowest BCUT2D eigenvalue weighted by Gasteiger charge is -2.33. The summed E-state index contributed by atoms with van der Waals surface area (Å²) in [5.41, 5.74) is 0. The second-order valence-electron chi connectivity index (χ2n) is 3.66. The van der Waals surface area contributed by atoms with Gasteiger partial charge in [0.1, 0.15) is 6.04 Å². The summed E-state index contributed by atoms with van der Waals surface area (Å²) in [5.74, 6) is -0.212. The van der Waals surface area contributed by atoms with E-state index in [0.29, 0.717) is 13.2 Å². The number of ether oxygens (including phenoxy) is 2. The number of thiophene rings is 1. The molecule has 88 valence electrons. The van der Waals surface area contributed by atoms with Crippen molar-refractivity contribution < 1.29 is 14.3 Å². The monoisotopic (exact) mass is 241 g/mol. The van der Waals surface area contributed by atoms with E-state index in [9.17, 15) is 4.79 Å². The summed E-state index contributed by atoms with van der Waals surface area (Å²) < 4.78 is 10.1. The van der Waals surface area contributed by atoms with Crippen LogP contribution in [0.1, 0.15) is 4.88 Å². The van der Waals surface area contributed by atoms with Gasteiger partial charge >= 0.3 is 5.97 Å². The van der Waals surface area contributed by atoms with Gasteiger partial charge in [0.2, 0.25) is 0 Å². The summed E-state index contributed by atoms with van der Waals surface area (Å²) in [5, 5.41) is 2.04. The van der Waals surface area contributed by atoms with Crippen molar-refractivity contribution in [3.8, 4) is 0 Å². The Morgan fingerprint density at radius 3 is 3.31 bits per heavy atom. The summed E-state index contributed by atoms with van der Waals surface area (Å²) in [7, 11) is 1.42. The Morgan fingerprint density at radius 1 is 1.75 bits per heavy atom. The molecule has 0 aliphatic carbocycles. The average molecular weight is 241 g/mol. The third-order valence-corrected chi connectivity index (χ3v) is 3.51. The minimum Gasteiger partial charge on any atom is -0.468 e. The zero-order valence-electron chi connectivity index (χ0n) is 9.22. The maximum atomic E-state index is 11.6. The summed E-state index contributed by atoms with van der Waals surface area (Å²) in [6.07, 6.45) is 0. The lowest BCUT2D eigenvalue weighted by atomic mass is 10.2. The van der Waals surface area contributed by atoms with Gasteiger partial charge in [0.15, 0.2) is 0 Å². The molecule has 0 spiro atoms. The first-order valence-corrected chi connectivity index (χ1v) is 6.11. The first-order chi connectivity index (χ1) is 7.81. The van der Waals surface area contributed by atoms with E-state index >= 15 is 0 Å². The van der Waals surface area contributed by atoms with Crippen molar-refractivity contribution in [3.63, 3.8) is 0 Å². The third kappa shape index (κ3) is 2.61. The van der Waals surface area contributed by atoms with Gasteiger partial charge < -0.3 is 9.47 Å². The average Bonchev–Trinajstić information content (AvgIpc) is 2.82. The molecule has 1 fully saturated rings. The number of methoxy groups -OCH3 is 1. The molecule has 0 radical (unpaired) electrons. The largest absolute Gasteiger partial charge is 0.468 e. The first kappa shape index (κ1) is 11.6. The zero-order chi connectivity index (χ0) is 11.4. The summed E-state index contributed by atoms with van der Waals surface area (Å²) >= 11 is 1.70. The van der Waals surface area contributed by atoms with Crippen molar-refractivity contribution in [2.24, 2.45) is 0 Å². The number of hydrogen-bond donors (Lipinski definition) is 0. The van der Waals surface area contributed by atoms with E-state index in [1.54, 1.807) is 11.3 Å². The van der Waals surface area contributed by atoms with Crippen LogP contribution in [0.4, 0.5) is 0 Å². The highest BCUT2D eigenvalue weighted by Gasteiger charge is 2.30. The van der Waals surface area contributed by atoms with E-state index in [4.69, 9.17) is 9.47 Å². The molecule has 0 aromatic carbocycles. The maximum Gasteiger partial charge on any atom is 0.325 e. The Morgan fingerprint density at radius 2 is 2.62 bits per heavy atom. The molecule has 4 nitrogen and oxygen atoms in total. The normalized spacial score (nSPS) is 21.9. The van der Waals surface area contributed by atoms with Gasteiger partial charge in [-0.1, -0.05) is 6.07 Å². The molecule has 0 N–H and O–H groups in total. The molecule has 1 saturated heterocycles. The predicted molar refractivity (Wildman–Crippen MR) is 61.4 cm³/mol. The molecule has 1 unspecified atom stereocenters. The van der Waals surface area contributed by atoms with Crippen LogP contribution in [-0.2, 0) is 20.8 Å². The van der Waals surface area contributed by atoms with Gasteiger partial charge in [-0.15, -0.1) is 11.3 Å². The van der Waals surface area contributed by atoms with Gasteiger partial charge in [0, 0.05) is 18.0 Å². The molecule has 1 aliphatic heterocycles. The highest BCUT2D eigenvalue weighted by atomic mass is 32.1. The molecule has 2 heterocycles. The number of nitrogens with zero attached hydrogens (tertiary/aromatic N) is 1. The van der Waals surface area contributed by atoms with E-state index in [1.807, 2.05) is 11.4 Å².